The summed E-state index contributed by atoms with van der Waals surface area (Å²) in [5.41, 5.74) is 3.24. The molecule has 0 radical (unpaired) electrons. The minimum atomic E-state index is -0.442. The van der Waals surface area contributed by atoms with E-state index in [0.29, 0.717) is 38.0 Å². The smallest absolute Gasteiger partial charge is 0.237 e. The minimum Gasteiger partial charge on any atom is -0.386 e. The number of aliphatic hydroxyl groups is 1. The third-order valence-electron chi connectivity index (χ3n) is 6.76. The molecule has 1 amide bonds. The SMILES string of the molecule is O=C(CN1CCC(c2ccccc2)CC1)N1CCn2nc(C(O)C3CC3)cc2C1. The lowest BCUT2D eigenvalue weighted by Crippen LogP contribution is -2.45. The van der Waals surface area contributed by atoms with E-state index < -0.39 is 6.10 Å². The Hall–Kier alpha value is -2.18. The second-order valence-corrected chi connectivity index (χ2v) is 8.84. The van der Waals surface area contributed by atoms with Crippen molar-refractivity contribution in [3.05, 3.63) is 53.3 Å². The Balaban J connectivity index is 1.14. The van der Waals surface area contributed by atoms with E-state index in [4.69, 9.17) is 0 Å². The number of nitrogens with zero attached hydrogens (tertiary/aromatic N) is 4. The molecule has 1 atom stereocenters. The Kier molecular flexibility index (Phi) is 5.14. The number of hydrogen-bond acceptors (Lipinski definition) is 4. The number of hydrogen-bond donors (Lipinski definition) is 1. The number of piperidine rings is 1. The number of carbonyl (C=O) groups excluding carboxylic acids is 1. The molecule has 0 spiro atoms. The van der Waals surface area contributed by atoms with Crippen LogP contribution in [0.1, 0.15) is 54.7 Å². The molecule has 6 heteroatoms. The molecule has 1 aromatic carbocycles. The zero-order chi connectivity index (χ0) is 19.8. The van der Waals surface area contributed by atoms with Crippen LogP contribution in [0.4, 0.5) is 0 Å². The zero-order valence-corrected chi connectivity index (χ0v) is 16.9. The molecular weight excluding hydrogens is 364 g/mol. The maximum absolute atomic E-state index is 12.9. The lowest BCUT2D eigenvalue weighted by atomic mass is 9.89. The Morgan fingerprint density at radius 3 is 2.55 bits per heavy atom. The largest absolute Gasteiger partial charge is 0.386 e. The molecule has 29 heavy (non-hydrogen) atoms. The molecule has 2 aromatic rings. The molecule has 6 nitrogen and oxygen atoms in total. The molecule has 2 fully saturated rings. The minimum absolute atomic E-state index is 0.208. The quantitative estimate of drug-likeness (QED) is 0.847. The van der Waals surface area contributed by atoms with Gasteiger partial charge in [-0.1, -0.05) is 30.3 Å². The van der Waals surface area contributed by atoms with Gasteiger partial charge in [0.25, 0.3) is 0 Å². The van der Waals surface area contributed by atoms with Gasteiger partial charge in [-0.3, -0.25) is 14.4 Å². The lowest BCUT2D eigenvalue weighted by molar-refractivity contribution is -0.134. The van der Waals surface area contributed by atoms with Crippen LogP contribution < -0.4 is 0 Å². The number of benzene rings is 1. The molecule has 1 unspecified atom stereocenters. The first kappa shape index (κ1) is 18.8. The fourth-order valence-electron chi connectivity index (χ4n) is 4.74. The van der Waals surface area contributed by atoms with Crippen LogP contribution in [-0.4, -0.2) is 56.8 Å². The van der Waals surface area contributed by atoms with Crippen LogP contribution in [0.5, 0.6) is 0 Å². The van der Waals surface area contributed by atoms with Crippen molar-refractivity contribution in [3.8, 4) is 0 Å². The van der Waals surface area contributed by atoms with Crippen LogP contribution >= 0.6 is 0 Å². The normalized spacial score (nSPS) is 21.8. The lowest BCUT2D eigenvalue weighted by Gasteiger charge is -2.34. The van der Waals surface area contributed by atoms with Gasteiger partial charge in [0.1, 0.15) is 6.10 Å². The van der Waals surface area contributed by atoms with E-state index in [9.17, 15) is 9.90 Å². The van der Waals surface area contributed by atoms with E-state index in [1.807, 2.05) is 15.6 Å². The average Bonchev–Trinajstić information content (AvgIpc) is 3.52. The van der Waals surface area contributed by atoms with Crippen molar-refractivity contribution < 1.29 is 9.90 Å². The first-order valence-corrected chi connectivity index (χ1v) is 11.0. The summed E-state index contributed by atoms with van der Waals surface area (Å²) in [6.07, 6.45) is 3.98. The van der Waals surface area contributed by atoms with E-state index in [-0.39, 0.29) is 5.91 Å². The summed E-state index contributed by atoms with van der Waals surface area (Å²) < 4.78 is 1.97. The van der Waals surface area contributed by atoms with E-state index in [2.05, 4.69) is 40.3 Å². The highest BCUT2D eigenvalue weighted by Gasteiger charge is 2.34. The van der Waals surface area contributed by atoms with Gasteiger partial charge in [0, 0.05) is 6.54 Å². The number of amides is 1. The highest BCUT2D eigenvalue weighted by Crippen LogP contribution is 2.40. The summed E-state index contributed by atoms with van der Waals surface area (Å²) in [6.45, 7) is 4.49. The number of carbonyl (C=O) groups is 1. The second kappa shape index (κ2) is 7.92. The third kappa shape index (κ3) is 4.09. The first-order chi connectivity index (χ1) is 14.2. The van der Waals surface area contributed by atoms with Gasteiger partial charge < -0.3 is 10.0 Å². The zero-order valence-electron chi connectivity index (χ0n) is 16.9. The van der Waals surface area contributed by atoms with Crippen molar-refractivity contribution in [1.29, 1.82) is 0 Å². The van der Waals surface area contributed by atoms with Crippen LogP contribution in [0.15, 0.2) is 36.4 Å². The van der Waals surface area contributed by atoms with Crippen LogP contribution in [0.2, 0.25) is 0 Å². The maximum Gasteiger partial charge on any atom is 0.237 e. The molecule has 1 aromatic heterocycles. The summed E-state index contributed by atoms with van der Waals surface area (Å²) in [4.78, 5) is 17.1. The number of aliphatic hydroxyl groups excluding tert-OH is 1. The molecule has 154 valence electrons. The Morgan fingerprint density at radius 2 is 1.83 bits per heavy atom. The fraction of sp³-hybridized carbons (Fsp3) is 0.565. The number of fused-ring (bicyclic) bond motifs is 1. The number of aromatic nitrogens is 2. The van der Waals surface area contributed by atoms with Gasteiger partial charge >= 0.3 is 0 Å². The fourth-order valence-corrected chi connectivity index (χ4v) is 4.74. The topological polar surface area (TPSA) is 61.6 Å². The van der Waals surface area contributed by atoms with Gasteiger partial charge in [-0.05, 0) is 62.2 Å². The van der Waals surface area contributed by atoms with Crippen LogP contribution in [0.3, 0.4) is 0 Å². The van der Waals surface area contributed by atoms with Gasteiger partial charge in [0.2, 0.25) is 5.91 Å². The van der Waals surface area contributed by atoms with Crippen LogP contribution in [-0.2, 0) is 17.9 Å². The van der Waals surface area contributed by atoms with E-state index >= 15 is 0 Å². The highest BCUT2D eigenvalue weighted by molar-refractivity contribution is 5.78. The predicted octanol–water partition coefficient (Wildman–Crippen LogP) is 2.55. The van der Waals surface area contributed by atoms with Crippen molar-refractivity contribution >= 4 is 5.91 Å². The Morgan fingerprint density at radius 1 is 1.07 bits per heavy atom. The summed E-state index contributed by atoms with van der Waals surface area (Å²) in [5, 5.41) is 14.9. The molecule has 3 heterocycles. The Bertz CT molecular complexity index is 853. The highest BCUT2D eigenvalue weighted by atomic mass is 16.3. The molecule has 0 bridgehead atoms. The van der Waals surface area contributed by atoms with Crippen molar-refractivity contribution in [2.24, 2.45) is 5.92 Å². The maximum atomic E-state index is 12.9. The van der Waals surface area contributed by atoms with Crippen molar-refractivity contribution in [2.75, 3.05) is 26.2 Å². The van der Waals surface area contributed by atoms with Gasteiger partial charge in [0.05, 0.1) is 31.0 Å². The molecule has 1 saturated carbocycles. The third-order valence-corrected chi connectivity index (χ3v) is 6.76. The average molecular weight is 395 g/mol. The monoisotopic (exact) mass is 394 g/mol. The molecule has 1 aliphatic carbocycles. The molecular formula is C23H30N4O2. The van der Waals surface area contributed by atoms with Crippen molar-refractivity contribution in [2.45, 2.75) is 50.8 Å². The predicted molar refractivity (Wildman–Crippen MR) is 110 cm³/mol. The van der Waals surface area contributed by atoms with Gasteiger partial charge in [0.15, 0.2) is 0 Å². The van der Waals surface area contributed by atoms with Crippen molar-refractivity contribution in [1.82, 2.24) is 19.6 Å². The van der Waals surface area contributed by atoms with Crippen LogP contribution in [0, 0.1) is 5.92 Å². The van der Waals surface area contributed by atoms with Gasteiger partial charge in [-0.2, -0.15) is 5.10 Å². The molecule has 1 saturated heterocycles. The second-order valence-electron chi connectivity index (χ2n) is 8.84. The standard InChI is InChI=1S/C23H30N4O2/c28-22(16-25-10-8-18(9-11-25)17-4-2-1-3-5-17)26-12-13-27-20(15-26)14-21(24-27)23(29)19-6-7-19/h1-5,14,18-19,23,29H,6-13,15-16H2. The summed E-state index contributed by atoms with van der Waals surface area (Å²) in [5.74, 6) is 1.20. The summed E-state index contributed by atoms with van der Waals surface area (Å²) in [6, 6.07) is 12.7. The number of rotatable bonds is 5. The van der Waals surface area contributed by atoms with E-state index in [1.54, 1.807) is 0 Å². The molecule has 2 aliphatic heterocycles. The number of likely N-dealkylation sites (tertiary alicyclic amines) is 1. The first-order valence-electron chi connectivity index (χ1n) is 11.0. The van der Waals surface area contributed by atoms with Gasteiger partial charge in [-0.15, -0.1) is 0 Å². The summed E-state index contributed by atoms with van der Waals surface area (Å²) in [7, 11) is 0. The summed E-state index contributed by atoms with van der Waals surface area (Å²) >= 11 is 0. The van der Waals surface area contributed by atoms with Gasteiger partial charge in [-0.25, -0.2) is 0 Å². The van der Waals surface area contributed by atoms with Crippen molar-refractivity contribution in [3.63, 3.8) is 0 Å². The molecule has 1 N–H and O–H groups in total. The van der Waals surface area contributed by atoms with E-state index in [0.717, 1.165) is 50.2 Å². The van der Waals surface area contributed by atoms with E-state index in [1.165, 1.54) is 5.56 Å². The Labute approximate surface area is 172 Å². The van der Waals surface area contributed by atoms with Crippen LogP contribution in [0.25, 0.3) is 0 Å². The molecule has 3 aliphatic rings. The molecule has 5 rings (SSSR count).